The fourth-order valence-electron chi connectivity index (χ4n) is 2.66. The van der Waals surface area contributed by atoms with Crippen molar-refractivity contribution >= 4 is 29.6 Å². The summed E-state index contributed by atoms with van der Waals surface area (Å²) in [6, 6.07) is 3.82. The summed E-state index contributed by atoms with van der Waals surface area (Å²) in [5.74, 6) is -1.68. The standard InChI is InChI=1S/C18H23FN4O4/c1-11(2)8-9-18(3)15(25)23(17(27)22-18)10-14(24)21-16(26)20-13-7-5-4-6-12(13)19/h4-7,11H,8-10H2,1-3H3,(H,22,27)(H2,20,21,24,26)/t18-/m0/s1. The third-order valence-corrected chi connectivity index (χ3v) is 4.24. The Morgan fingerprint density at radius 3 is 2.56 bits per heavy atom. The molecule has 0 aliphatic carbocycles. The summed E-state index contributed by atoms with van der Waals surface area (Å²) in [5, 5.41) is 6.76. The van der Waals surface area contributed by atoms with Crippen LogP contribution in [0.3, 0.4) is 0 Å². The number of urea groups is 2. The Kier molecular flexibility index (Phi) is 6.14. The molecule has 0 bridgehead atoms. The summed E-state index contributed by atoms with van der Waals surface area (Å²) >= 11 is 0. The first-order valence-corrected chi connectivity index (χ1v) is 8.62. The van der Waals surface area contributed by atoms with Crippen molar-refractivity contribution in [2.24, 2.45) is 5.92 Å². The van der Waals surface area contributed by atoms with Crippen LogP contribution in [-0.4, -0.2) is 40.9 Å². The fourth-order valence-corrected chi connectivity index (χ4v) is 2.66. The van der Waals surface area contributed by atoms with Crippen LogP contribution in [0.5, 0.6) is 0 Å². The number of carbonyl (C=O) groups is 4. The van der Waals surface area contributed by atoms with Crippen molar-refractivity contribution in [2.75, 3.05) is 11.9 Å². The Morgan fingerprint density at radius 1 is 1.26 bits per heavy atom. The van der Waals surface area contributed by atoms with Crippen LogP contribution >= 0.6 is 0 Å². The molecule has 1 saturated heterocycles. The molecule has 1 aromatic carbocycles. The number of nitrogens with zero attached hydrogens (tertiary/aromatic N) is 1. The Labute approximate surface area is 156 Å². The van der Waals surface area contributed by atoms with Crippen molar-refractivity contribution < 1.29 is 23.6 Å². The van der Waals surface area contributed by atoms with Crippen LogP contribution in [0.2, 0.25) is 0 Å². The van der Waals surface area contributed by atoms with Gasteiger partial charge in [-0.05, 0) is 37.8 Å². The van der Waals surface area contributed by atoms with Crippen LogP contribution in [0, 0.1) is 11.7 Å². The Balaban J connectivity index is 1.93. The van der Waals surface area contributed by atoms with Crippen LogP contribution in [0.25, 0.3) is 0 Å². The average molecular weight is 378 g/mol. The summed E-state index contributed by atoms with van der Waals surface area (Å²) in [7, 11) is 0. The second-order valence-corrected chi connectivity index (χ2v) is 7.07. The SMILES string of the molecule is CC(C)CC[C@]1(C)NC(=O)N(CC(=O)NC(=O)Nc2ccccc2F)C1=O. The molecule has 1 fully saturated rings. The van der Waals surface area contributed by atoms with Gasteiger partial charge in [0, 0.05) is 0 Å². The van der Waals surface area contributed by atoms with Crippen LogP contribution < -0.4 is 16.0 Å². The van der Waals surface area contributed by atoms with E-state index in [1.807, 2.05) is 19.2 Å². The minimum atomic E-state index is -1.07. The highest BCUT2D eigenvalue weighted by Gasteiger charge is 2.47. The van der Waals surface area contributed by atoms with Crippen LogP contribution in [0.15, 0.2) is 24.3 Å². The predicted octanol–water partition coefficient (Wildman–Crippen LogP) is 2.22. The first-order chi connectivity index (χ1) is 12.6. The Hall–Kier alpha value is -2.97. The summed E-state index contributed by atoms with van der Waals surface area (Å²) < 4.78 is 13.5. The number of imide groups is 2. The lowest BCUT2D eigenvalue weighted by atomic mass is 9.92. The predicted molar refractivity (Wildman–Crippen MR) is 96.3 cm³/mol. The molecule has 1 atom stereocenters. The zero-order chi connectivity index (χ0) is 20.2. The van der Waals surface area contributed by atoms with Gasteiger partial charge in [0.2, 0.25) is 5.91 Å². The van der Waals surface area contributed by atoms with E-state index in [1.54, 1.807) is 6.92 Å². The van der Waals surface area contributed by atoms with Crippen molar-refractivity contribution in [3.8, 4) is 0 Å². The van der Waals surface area contributed by atoms with Gasteiger partial charge in [0.05, 0.1) is 5.69 Å². The number of rotatable bonds is 6. The van der Waals surface area contributed by atoms with Crippen LogP contribution in [0.4, 0.5) is 19.7 Å². The van der Waals surface area contributed by atoms with Gasteiger partial charge >= 0.3 is 12.1 Å². The maximum absolute atomic E-state index is 13.5. The van der Waals surface area contributed by atoms with Crippen molar-refractivity contribution in [1.29, 1.82) is 0 Å². The normalized spacial score (nSPS) is 19.2. The molecule has 6 amide bonds. The number of para-hydroxylation sites is 1. The van der Waals surface area contributed by atoms with Crippen LogP contribution in [0.1, 0.15) is 33.6 Å². The van der Waals surface area contributed by atoms with E-state index in [2.05, 4.69) is 10.6 Å². The van der Waals surface area contributed by atoms with Crippen molar-refractivity contribution in [3.63, 3.8) is 0 Å². The molecule has 0 aromatic heterocycles. The van der Waals surface area contributed by atoms with Crippen molar-refractivity contribution in [1.82, 2.24) is 15.5 Å². The van der Waals surface area contributed by atoms with Gasteiger partial charge in [-0.25, -0.2) is 14.0 Å². The van der Waals surface area contributed by atoms with Crippen molar-refractivity contribution in [2.45, 2.75) is 39.2 Å². The molecular formula is C18H23FN4O4. The summed E-state index contributed by atoms with van der Waals surface area (Å²) in [4.78, 5) is 49.2. The lowest BCUT2D eigenvalue weighted by molar-refractivity contribution is -0.134. The summed E-state index contributed by atoms with van der Waals surface area (Å²) in [5.41, 5.74) is -1.17. The molecule has 2 rings (SSSR count). The zero-order valence-electron chi connectivity index (χ0n) is 15.5. The maximum atomic E-state index is 13.5. The minimum Gasteiger partial charge on any atom is -0.323 e. The number of carbonyl (C=O) groups excluding carboxylic acids is 4. The highest BCUT2D eigenvalue weighted by Crippen LogP contribution is 2.24. The Morgan fingerprint density at radius 2 is 1.93 bits per heavy atom. The van der Waals surface area contributed by atoms with E-state index in [0.717, 1.165) is 17.4 Å². The number of nitrogens with one attached hydrogen (secondary N) is 3. The smallest absolute Gasteiger partial charge is 0.323 e. The lowest BCUT2D eigenvalue weighted by Gasteiger charge is -2.22. The molecule has 1 aromatic rings. The third-order valence-electron chi connectivity index (χ3n) is 4.24. The summed E-state index contributed by atoms with van der Waals surface area (Å²) in [6.07, 6.45) is 1.18. The second-order valence-electron chi connectivity index (χ2n) is 7.07. The molecule has 0 spiro atoms. The number of hydrogen-bond acceptors (Lipinski definition) is 4. The maximum Gasteiger partial charge on any atom is 0.326 e. The minimum absolute atomic E-state index is 0.0981. The van der Waals surface area contributed by atoms with E-state index in [1.165, 1.54) is 18.2 Å². The van der Waals surface area contributed by atoms with Gasteiger partial charge in [0.1, 0.15) is 17.9 Å². The topological polar surface area (TPSA) is 108 Å². The number of hydrogen-bond donors (Lipinski definition) is 3. The van der Waals surface area contributed by atoms with E-state index in [-0.39, 0.29) is 5.69 Å². The van der Waals surface area contributed by atoms with E-state index in [9.17, 15) is 23.6 Å². The summed E-state index contributed by atoms with van der Waals surface area (Å²) in [6.45, 7) is 5.01. The Bertz CT molecular complexity index is 767. The molecule has 146 valence electrons. The molecule has 3 N–H and O–H groups in total. The van der Waals surface area contributed by atoms with Gasteiger partial charge in [-0.3, -0.25) is 19.8 Å². The van der Waals surface area contributed by atoms with Gasteiger partial charge in [0.15, 0.2) is 0 Å². The lowest BCUT2D eigenvalue weighted by Crippen LogP contribution is -2.46. The molecule has 1 aliphatic rings. The first kappa shape index (κ1) is 20.3. The molecule has 0 saturated carbocycles. The van der Waals surface area contributed by atoms with E-state index >= 15 is 0 Å². The molecule has 27 heavy (non-hydrogen) atoms. The van der Waals surface area contributed by atoms with Gasteiger partial charge in [-0.1, -0.05) is 26.0 Å². The molecule has 9 heteroatoms. The third kappa shape index (κ3) is 5.02. The van der Waals surface area contributed by atoms with Gasteiger partial charge in [-0.15, -0.1) is 0 Å². The quantitative estimate of drug-likeness (QED) is 0.660. The van der Waals surface area contributed by atoms with Crippen molar-refractivity contribution in [3.05, 3.63) is 30.1 Å². The zero-order valence-corrected chi connectivity index (χ0v) is 15.5. The molecule has 1 heterocycles. The number of benzene rings is 1. The van der Waals surface area contributed by atoms with Gasteiger partial charge in [-0.2, -0.15) is 0 Å². The van der Waals surface area contributed by atoms with Gasteiger partial charge < -0.3 is 10.6 Å². The first-order valence-electron chi connectivity index (χ1n) is 8.62. The molecule has 0 unspecified atom stereocenters. The molecule has 0 radical (unpaired) electrons. The molecular weight excluding hydrogens is 355 g/mol. The molecule has 1 aliphatic heterocycles. The molecule has 8 nitrogen and oxygen atoms in total. The largest absolute Gasteiger partial charge is 0.326 e. The van der Waals surface area contributed by atoms with Crippen LogP contribution in [-0.2, 0) is 9.59 Å². The monoisotopic (exact) mass is 378 g/mol. The number of halogens is 1. The average Bonchev–Trinajstić information content (AvgIpc) is 2.79. The fraction of sp³-hybridized carbons (Fsp3) is 0.444. The van der Waals surface area contributed by atoms with E-state index in [4.69, 9.17) is 0 Å². The highest BCUT2D eigenvalue weighted by atomic mass is 19.1. The number of amides is 6. The second kappa shape index (κ2) is 8.15. The van der Waals surface area contributed by atoms with Gasteiger partial charge in [0.25, 0.3) is 5.91 Å². The number of anilines is 1. The van der Waals surface area contributed by atoms with E-state index in [0.29, 0.717) is 12.3 Å². The van der Waals surface area contributed by atoms with E-state index < -0.39 is 41.8 Å². The highest BCUT2D eigenvalue weighted by molar-refractivity contribution is 6.10.